The summed E-state index contributed by atoms with van der Waals surface area (Å²) in [5.74, 6) is 0.220. The molecule has 3 rings (SSSR count). The summed E-state index contributed by atoms with van der Waals surface area (Å²) in [6.45, 7) is 5.81. The van der Waals surface area contributed by atoms with Gasteiger partial charge >= 0.3 is 0 Å². The van der Waals surface area contributed by atoms with E-state index < -0.39 is 22.0 Å². The first-order chi connectivity index (χ1) is 14.6. The van der Waals surface area contributed by atoms with Gasteiger partial charge in [-0.25, -0.2) is 13.1 Å². The van der Waals surface area contributed by atoms with E-state index in [4.69, 9.17) is 16.3 Å². The second-order valence-corrected chi connectivity index (χ2v) is 10.2. The van der Waals surface area contributed by atoms with Gasteiger partial charge in [0.2, 0.25) is 9.47 Å². The summed E-state index contributed by atoms with van der Waals surface area (Å²) in [6.07, 6.45) is 0. The zero-order valence-electron chi connectivity index (χ0n) is 17.0. The van der Waals surface area contributed by atoms with E-state index in [0.717, 1.165) is 22.5 Å². The lowest BCUT2D eigenvalue weighted by atomic mass is 10.1. The highest BCUT2D eigenvalue weighted by Crippen LogP contribution is 2.21. The molecule has 2 aromatic carbocycles. The topological polar surface area (TPSA) is 110 Å². The molecule has 1 heterocycles. The minimum Gasteiger partial charge on any atom is -0.492 e. The van der Waals surface area contributed by atoms with E-state index in [1.54, 1.807) is 31.2 Å². The van der Waals surface area contributed by atoms with Crippen LogP contribution in [0.5, 0.6) is 5.75 Å². The fraction of sp³-hybridized carbons (Fsp3) is 0.250. The van der Waals surface area contributed by atoms with E-state index in [9.17, 15) is 13.2 Å². The van der Waals surface area contributed by atoms with Crippen molar-refractivity contribution >= 4 is 44.0 Å². The molecule has 0 saturated carbocycles. The van der Waals surface area contributed by atoms with Gasteiger partial charge in [-0.15, -0.1) is 10.2 Å². The van der Waals surface area contributed by atoms with Gasteiger partial charge in [-0.3, -0.25) is 10.1 Å². The number of ether oxygens (including phenoxy) is 1. The second-order valence-electron chi connectivity index (χ2n) is 6.91. The minimum absolute atomic E-state index is 0.0689. The number of carbonyl (C=O) groups excluding carboxylic acids is 1. The van der Waals surface area contributed by atoms with Crippen molar-refractivity contribution in [1.29, 1.82) is 0 Å². The van der Waals surface area contributed by atoms with Crippen molar-refractivity contribution in [3.05, 3.63) is 64.2 Å². The molecule has 0 aliphatic heterocycles. The Morgan fingerprint density at radius 1 is 1.13 bits per heavy atom. The number of anilines is 1. The highest BCUT2D eigenvalue weighted by Gasteiger charge is 2.23. The van der Waals surface area contributed by atoms with Crippen molar-refractivity contribution < 1.29 is 17.9 Å². The van der Waals surface area contributed by atoms with E-state index >= 15 is 0 Å². The monoisotopic (exact) mass is 480 g/mol. The summed E-state index contributed by atoms with van der Waals surface area (Å²) in [5.41, 5.74) is 2.60. The first-order valence-corrected chi connectivity index (χ1v) is 11.9. The van der Waals surface area contributed by atoms with Crippen molar-refractivity contribution in [1.82, 2.24) is 14.9 Å². The molecular formula is C20H21ClN4O4S2. The molecule has 0 bridgehead atoms. The molecule has 1 aromatic heterocycles. The first-order valence-electron chi connectivity index (χ1n) is 9.27. The van der Waals surface area contributed by atoms with E-state index in [1.807, 2.05) is 32.0 Å². The first kappa shape index (κ1) is 23.1. The third kappa shape index (κ3) is 6.23. The maximum atomic E-state index is 12.6. The Morgan fingerprint density at radius 2 is 1.84 bits per heavy atom. The number of halogens is 1. The van der Waals surface area contributed by atoms with Gasteiger partial charge in [-0.05, 0) is 68.3 Å². The highest BCUT2D eigenvalue weighted by molar-refractivity contribution is 7.91. The average Bonchev–Trinajstić information content (AvgIpc) is 3.18. The molecule has 31 heavy (non-hydrogen) atoms. The van der Waals surface area contributed by atoms with E-state index in [0.29, 0.717) is 16.3 Å². The van der Waals surface area contributed by atoms with Gasteiger partial charge in [0.1, 0.15) is 12.4 Å². The molecular weight excluding hydrogens is 460 g/mol. The standard InChI is InChI=1S/C20H21ClN4O4S2/c1-12-4-9-17(10-13(12)2)29-11-14(3)25-31(27,28)20-24-23-19(30-20)22-18(26)15-5-7-16(21)8-6-15/h4-10,14,25H,11H2,1-3H3,(H,22,23,26)/t14-/m1/s1. The Hall–Kier alpha value is -2.53. The number of benzene rings is 2. The van der Waals surface area contributed by atoms with Crippen LogP contribution < -0.4 is 14.8 Å². The zero-order chi connectivity index (χ0) is 22.6. The van der Waals surface area contributed by atoms with Crippen LogP contribution in [0.25, 0.3) is 0 Å². The number of hydrogen-bond donors (Lipinski definition) is 2. The summed E-state index contributed by atoms with van der Waals surface area (Å²) in [7, 11) is -3.92. The van der Waals surface area contributed by atoms with Crippen LogP contribution in [0.1, 0.15) is 28.4 Å². The molecule has 0 saturated heterocycles. The Bertz CT molecular complexity index is 1180. The molecule has 11 heteroatoms. The molecule has 2 N–H and O–H groups in total. The summed E-state index contributed by atoms with van der Waals surface area (Å²) in [6, 6.07) is 11.4. The molecule has 0 unspecified atom stereocenters. The summed E-state index contributed by atoms with van der Waals surface area (Å²) >= 11 is 6.56. The van der Waals surface area contributed by atoms with Crippen LogP contribution in [-0.4, -0.2) is 37.2 Å². The minimum atomic E-state index is -3.92. The normalized spacial score (nSPS) is 12.4. The van der Waals surface area contributed by atoms with Gasteiger partial charge in [-0.2, -0.15) is 0 Å². The predicted molar refractivity (Wildman–Crippen MR) is 121 cm³/mol. The van der Waals surface area contributed by atoms with Gasteiger partial charge in [0.15, 0.2) is 0 Å². The lowest BCUT2D eigenvalue weighted by molar-refractivity contribution is 0.102. The fourth-order valence-corrected chi connectivity index (χ4v) is 4.78. The number of carbonyl (C=O) groups is 1. The van der Waals surface area contributed by atoms with Crippen LogP contribution in [0.2, 0.25) is 5.02 Å². The number of nitrogens with zero attached hydrogens (tertiary/aromatic N) is 2. The molecule has 3 aromatic rings. The highest BCUT2D eigenvalue weighted by atomic mass is 35.5. The third-order valence-corrected chi connectivity index (χ3v) is 7.35. The molecule has 0 fully saturated rings. The Labute approximate surface area is 189 Å². The summed E-state index contributed by atoms with van der Waals surface area (Å²) in [5, 5.41) is 10.5. The van der Waals surface area contributed by atoms with Crippen molar-refractivity contribution in [3.63, 3.8) is 0 Å². The molecule has 1 amide bonds. The number of amides is 1. The van der Waals surface area contributed by atoms with Crippen molar-refractivity contribution in [2.45, 2.75) is 31.2 Å². The summed E-state index contributed by atoms with van der Waals surface area (Å²) in [4.78, 5) is 12.2. The largest absolute Gasteiger partial charge is 0.492 e. The lowest BCUT2D eigenvalue weighted by Gasteiger charge is -2.14. The number of rotatable bonds is 8. The molecule has 0 spiro atoms. The molecule has 0 radical (unpaired) electrons. The van der Waals surface area contributed by atoms with Gasteiger partial charge in [0.25, 0.3) is 15.9 Å². The lowest BCUT2D eigenvalue weighted by Crippen LogP contribution is -2.36. The number of aryl methyl sites for hydroxylation is 2. The zero-order valence-corrected chi connectivity index (χ0v) is 19.4. The van der Waals surface area contributed by atoms with Crippen LogP contribution in [0, 0.1) is 13.8 Å². The van der Waals surface area contributed by atoms with Gasteiger partial charge in [0, 0.05) is 10.6 Å². The Balaban J connectivity index is 1.58. The number of aromatic nitrogens is 2. The van der Waals surface area contributed by atoms with Crippen molar-refractivity contribution in [3.8, 4) is 5.75 Å². The Kier molecular flexibility index (Phi) is 7.26. The van der Waals surface area contributed by atoms with Crippen LogP contribution in [0.4, 0.5) is 5.13 Å². The average molecular weight is 481 g/mol. The maximum absolute atomic E-state index is 12.6. The van der Waals surface area contributed by atoms with Crippen molar-refractivity contribution in [2.24, 2.45) is 0 Å². The van der Waals surface area contributed by atoms with Crippen LogP contribution in [0.15, 0.2) is 46.8 Å². The van der Waals surface area contributed by atoms with Gasteiger partial charge in [0.05, 0.1) is 6.04 Å². The Morgan fingerprint density at radius 3 is 2.52 bits per heavy atom. The van der Waals surface area contributed by atoms with Gasteiger partial charge in [-0.1, -0.05) is 29.0 Å². The molecule has 0 aliphatic rings. The van der Waals surface area contributed by atoms with Gasteiger partial charge < -0.3 is 4.74 Å². The fourth-order valence-electron chi connectivity index (χ4n) is 2.51. The number of nitrogens with one attached hydrogen (secondary N) is 2. The predicted octanol–water partition coefficient (Wildman–Crippen LogP) is 3.81. The van der Waals surface area contributed by atoms with Crippen molar-refractivity contribution in [2.75, 3.05) is 11.9 Å². The molecule has 0 aliphatic carbocycles. The quantitative estimate of drug-likeness (QED) is 0.474. The van der Waals surface area contributed by atoms with E-state index in [-0.39, 0.29) is 16.1 Å². The molecule has 164 valence electrons. The summed E-state index contributed by atoms with van der Waals surface area (Å²) < 4.78 is 33.1. The number of sulfonamides is 1. The third-order valence-electron chi connectivity index (χ3n) is 4.30. The van der Waals surface area contributed by atoms with E-state index in [2.05, 4.69) is 20.2 Å². The maximum Gasteiger partial charge on any atom is 0.270 e. The van der Waals surface area contributed by atoms with Crippen LogP contribution in [0.3, 0.4) is 0 Å². The second kappa shape index (κ2) is 9.73. The smallest absolute Gasteiger partial charge is 0.270 e. The number of hydrogen-bond acceptors (Lipinski definition) is 7. The van der Waals surface area contributed by atoms with Crippen LogP contribution in [-0.2, 0) is 10.0 Å². The molecule has 8 nitrogen and oxygen atoms in total. The van der Waals surface area contributed by atoms with Crippen LogP contribution >= 0.6 is 22.9 Å². The SMILES string of the molecule is Cc1ccc(OC[C@@H](C)NS(=O)(=O)c2nnc(NC(=O)c3ccc(Cl)cc3)s2)cc1C. The molecule has 1 atom stereocenters. The van der Waals surface area contributed by atoms with E-state index in [1.165, 1.54) is 0 Å².